The van der Waals surface area contributed by atoms with E-state index in [0.717, 1.165) is 12.3 Å². The van der Waals surface area contributed by atoms with Crippen molar-refractivity contribution in [2.45, 2.75) is 6.54 Å². The largest absolute Gasteiger partial charge is 0.376 e. The quantitative estimate of drug-likeness (QED) is 0.719. The van der Waals surface area contributed by atoms with Crippen LogP contribution in [-0.4, -0.2) is 17.7 Å². The Balaban J connectivity index is 2.45. The van der Waals surface area contributed by atoms with Crippen molar-refractivity contribution in [2.75, 3.05) is 12.8 Å². The van der Waals surface area contributed by atoms with Crippen LogP contribution in [0.5, 0.6) is 0 Å². The SMILES string of the molecule is CN(C=CCS)Cc1ccccc1. The Morgan fingerprint density at radius 2 is 2.00 bits per heavy atom. The Bertz CT molecular complexity index is 256. The third-order valence-corrected chi connectivity index (χ3v) is 1.95. The maximum atomic E-state index is 4.11. The Morgan fingerprint density at radius 3 is 2.62 bits per heavy atom. The number of hydrogen-bond donors (Lipinski definition) is 1. The third-order valence-electron chi connectivity index (χ3n) is 1.74. The zero-order valence-electron chi connectivity index (χ0n) is 7.85. The van der Waals surface area contributed by atoms with Crippen LogP contribution in [0, 0.1) is 0 Å². The summed E-state index contributed by atoms with van der Waals surface area (Å²) in [6.07, 6.45) is 4.09. The fourth-order valence-corrected chi connectivity index (χ4v) is 1.25. The van der Waals surface area contributed by atoms with Crippen molar-refractivity contribution in [3.05, 3.63) is 48.2 Å². The summed E-state index contributed by atoms with van der Waals surface area (Å²) in [5.41, 5.74) is 1.33. The summed E-state index contributed by atoms with van der Waals surface area (Å²) in [6, 6.07) is 10.4. The summed E-state index contributed by atoms with van der Waals surface area (Å²) in [7, 11) is 2.06. The second-order valence-electron chi connectivity index (χ2n) is 2.97. The molecule has 0 atom stereocenters. The molecule has 2 heteroatoms. The van der Waals surface area contributed by atoms with Crippen LogP contribution in [0.2, 0.25) is 0 Å². The summed E-state index contributed by atoms with van der Waals surface area (Å²) < 4.78 is 0. The van der Waals surface area contributed by atoms with Crippen molar-refractivity contribution in [1.29, 1.82) is 0 Å². The van der Waals surface area contributed by atoms with Crippen molar-refractivity contribution in [3.63, 3.8) is 0 Å². The monoisotopic (exact) mass is 193 g/mol. The Morgan fingerprint density at radius 1 is 1.31 bits per heavy atom. The maximum Gasteiger partial charge on any atom is 0.0420 e. The molecule has 0 saturated carbocycles. The molecule has 0 N–H and O–H groups in total. The number of thiol groups is 1. The number of rotatable bonds is 4. The molecule has 0 saturated heterocycles. The van der Waals surface area contributed by atoms with Gasteiger partial charge in [-0.15, -0.1) is 0 Å². The first kappa shape index (κ1) is 10.2. The summed E-state index contributed by atoms with van der Waals surface area (Å²) in [6.45, 7) is 0.950. The lowest BCUT2D eigenvalue weighted by Gasteiger charge is -2.13. The average molecular weight is 193 g/mol. The van der Waals surface area contributed by atoms with E-state index in [2.05, 4.69) is 55.0 Å². The highest BCUT2D eigenvalue weighted by Gasteiger charge is 1.92. The first-order valence-corrected chi connectivity index (χ1v) is 4.98. The molecule has 1 rings (SSSR count). The lowest BCUT2D eigenvalue weighted by atomic mass is 10.2. The molecule has 0 unspecified atom stereocenters. The lowest BCUT2D eigenvalue weighted by molar-refractivity contribution is 0.450. The van der Waals surface area contributed by atoms with Crippen LogP contribution >= 0.6 is 12.6 Å². The van der Waals surface area contributed by atoms with Crippen LogP contribution < -0.4 is 0 Å². The molecule has 0 aromatic heterocycles. The first-order chi connectivity index (χ1) is 6.33. The van der Waals surface area contributed by atoms with Crippen molar-refractivity contribution in [2.24, 2.45) is 0 Å². The van der Waals surface area contributed by atoms with Crippen LogP contribution in [0.15, 0.2) is 42.6 Å². The molecule has 0 aliphatic carbocycles. The van der Waals surface area contributed by atoms with E-state index in [1.807, 2.05) is 12.1 Å². The number of nitrogens with zero attached hydrogens (tertiary/aromatic N) is 1. The smallest absolute Gasteiger partial charge is 0.0420 e. The fraction of sp³-hybridized carbons (Fsp3) is 0.273. The predicted molar refractivity (Wildman–Crippen MR) is 60.9 cm³/mol. The molecule has 0 bridgehead atoms. The molecule has 0 aliphatic rings. The van der Waals surface area contributed by atoms with Gasteiger partial charge in [-0.2, -0.15) is 12.6 Å². The minimum Gasteiger partial charge on any atom is -0.376 e. The summed E-state index contributed by atoms with van der Waals surface area (Å²) in [5, 5.41) is 0. The Hall–Kier alpha value is -0.890. The van der Waals surface area contributed by atoms with Crippen LogP contribution in [-0.2, 0) is 6.54 Å². The maximum absolute atomic E-state index is 4.11. The van der Waals surface area contributed by atoms with Gasteiger partial charge in [-0.1, -0.05) is 36.4 Å². The van der Waals surface area contributed by atoms with E-state index in [4.69, 9.17) is 0 Å². The van der Waals surface area contributed by atoms with Crippen molar-refractivity contribution < 1.29 is 0 Å². The molecule has 0 amide bonds. The summed E-state index contributed by atoms with van der Waals surface area (Å²) in [4.78, 5) is 2.14. The molecule has 0 radical (unpaired) electrons. The first-order valence-electron chi connectivity index (χ1n) is 4.34. The van der Waals surface area contributed by atoms with Crippen LogP contribution in [0.4, 0.5) is 0 Å². The van der Waals surface area contributed by atoms with Gasteiger partial charge < -0.3 is 4.90 Å². The highest BCUT2D eigenvalue weighted by atomic mass is 32.1. The minimum atomic E-state index is 0.791. The molecule has 1 nitrogen and oxygen atoms in total. The molecule has 13 heavy (non-hydrogen) atoms. The van der Waals surface area contributed by atoms with E-state index in [-0.39, 0.29) is 0 Å². The molecule has 0 aliphatic heterocycles. The average Bonchev–Trinajstić information content (AvgIpc) is 2.16. The minimum absolute atomic E-state index is 0.791. The number of hydrogen-bond acceptors (Lipinski definition) is 2. The van der Waals surface area contributed by atoms with Gasteiger partial charge in [0.25, 0.3) is 0 Å². The van der Waals surface area contributed by atoms with Gasteiger partial charge in [0.2, 0.25) is 0 Å². The van der Waals surface area contributed by atoms with Gasteiger partial charge in [-0.25, -0.2) is 0 Å². The van der Waals surface area contributed by atoms with Gasteiger partial charge in [-0.05, 0) is 11.8 Å². The molecule has 70 valence electrons. The number of benzene rings is 1. The van der Waals surface area contributed by atoms with E-state index in [1.165, 1.54) is 5.56 Å². The predicted octanol–water partition coefficient (Wildman–Crippen LogP) is 2.56. The lowest BCUT2D eigenvalue weighted by Crippen LogP contribution is -2.09. The molecular weight excluding hydrogens is 178 g/mol. The normalized spacial score (nSPS) is 10.6. The molecule has 1 aromatic carbocycles. The summed E-state index contributed by atoms with van der Waals surface area (Å²) in [5.74, 6) is 0.791. The van der Waals surface area contributed by atoms with Gasteiger partial charge in [0.15, 0.2) is 0 Å². The summed E-state index contributed by atoms with van der Waals surface area (Å²) >= 11 is 4.11. The molecule has 0 fully saturated rings. The molecule has 1 aromatic rings. The van der Waals surface area contributed by atoms with E-state index >= 15 is 0 Å². The molecule has 0 spiro atoms. The van der Waals surface area contributed by atoms with Gasteiger partial charge in [0, 0.05) is 19.3 Å². The van der Waals surface area contributed by atoms with E-state index < -0.39 is 0 Å². The highest BCUT2D eigenvalue weighted by molar-refractivity contribution is 7.80. The fourth-order valence-electron chi connectivity index (χ4n) is 1.15. The zero-order chi connectivity index (χ0) is 9.52. The van der Waals surface area contributed by atoms with E-state index in [0.29, 0.717) is 0 Å². The van der Waals surface area contributed by atoms with Crippen molar-refractivity contribution in [1.82, 2.24) is 4.90 Å². The second-order valence-corrected chi connectivity index (χ2v) is 3.33. The topological polar surface area (TPSA) is 3.24 Å². The van der Waals surface area contributed by atoms with Crippen LogP contribution in [0.25, 0.3) is 0 Å². The zero-order valence-corrected chi connectivity index (χ0v) is 8.74. The third kappa shape index (κ3) is 4.04. The van der Waals surface area contributed by atoms with E-state index in [1.54, 1.807) is 0 Å². The molecular formula is C11H15NS. The highest BCUT2D eigenvalue weighted by Crippen LogP contribution is 2.02. The van der Waals surface area contributed by atoms with Gasteiger partial charge >= 0.3 is 0 Å². The van der Waals surface area contributed by atoms with Gasteiger partial charge in [0.05, 0.1) is 0 Å². The van der Waals surface area contributed by atoms with Crippen molar-refractivity contribution >= 4 is 12.6 Å². The van der Waals surface area contributed by atoms with Gasteiger partial charge in [0.1, 0.15) is 0 Å². The molecule has 0 heterocycles. The second kappa shape index (κ2) is 5.70. The van der Waals surface area contributed by atoms with Crippen LogP contribution in [0.3, 0.4) is 0 Å². The Kier molecular flexibility index (Phi) is 4.47. The van der Waals surface area contributed by atoms with Crippen molar-refractivity contribution in [3.8, 4) is 0 Å². The van der Waals surface area contributed by atoms with Gasteiger partial charge in [-0.3, -0.25) is 0 Å². The standard InChI is InChI=1S/C11H15NS/c1-12(8-5-9-13)10-11-6-3-2-4-7-11/h2-8,13H,9-10H2,1H3. The van der Waals surface area contributed by atoms with Crippen LogP contribution in [0.1, 0.15) is 5.56 Å². The van der Waals surface area contributed by atoms with E-state index in [9.17, 15) is 0 Å². The Labute approximate surface area is 85.5 Å².